The van der Waals surface area contributed by atoms with Gasteiger partial charge in [-0.15, -0.1) is 0 Å². The van der Waals surface area contributed by atoms with Crippen molar-refractivity contribution in [3.05, 3.63) is 106 Å². The fourth-order valence-electron chi connectivity index (χ4n) is 4.18. The molecule has 0 unspecified atom stereocenters. The molecular weight excluding hydrogens is 468 g/mol. The van der Waals surface area contributed by atoms with Crippen LogP contribution in [0, 0.1) is 0 Å². The molecule has 3 rings (SSSR count). The zero-order valence-corrected chi connectivity index (χ0v) is 22.1. The van der Waals surface area contributed by atoms with E-state index in [0.29, 0.717) is 37.4 Å². The lowest BCUT2D eigenvalue weighted by Gasteiger charge is -2.31. The summed E-state index contributed by atoms with van der Waals surface area (Å²) in [5.41, 5.74) is 4.37. The first kappa shape index (κ1) is 27.5. The summed E-state index contributed by atoms with van der Waals surface area (Å²) in [6.07, 6.45) is 4.32. The van der Waals surface area contributed by atoms with Gasteiger partial charge in [0.25, 0.3) is 0 Å². The number of rotatable bonds is 13. The number of aryl methyl sites for hydroxylation is 2. The number of hydrogen-bond acceptors (Lipinski definition) is 2. The number of amides is 2. The second-order valence-corrected chi connectivity index (χ2v) is 9.60. The third-order valence-corrected chi connectivity index (χ3v) is 6.68. The van der Waals surface area contributed by atoms with Crippen LogP contribution in [-0.4, -0.2) is 29.3 Å². The molecule has 3 aromatic carbocycles. The Labute approximate surface area is 220 Å². The molecule has 0 saturated heterocycles. The lowest BCUT2D eigenvalue weighted by atomic mass is 10.0. The number of hydrogen-bond donors (Lipinski definition) is 1. The van der Waals surface area contributed by atoms with Crippen LogP contribution in [0.5, 0.6) is 0 Å². The van der Waals surface area contributed by atoms with Crippen LogP contribution in [0.4, 0.5) is 0 Å². The number of unbranched alkanes of at least 4 members (excludes halogenated alkanes) is 1. The molecule has 0 aliphatic heterocycles. The molecule has 0 spiro atoms. The first-order chi connectivity index (χ1) is 17.5. The Morgan fingerprint density at radius 3 is 2.11 bits per heavy atom. The smallest absolute Gasteiger partial charge is 0.243 e. The summed E-state index contributed by atoms with van der Waals surface area (Å²) in [6.45, 7) is 5.18. The summed E-state index contributed by atoms with van der Waals surface area (Å²) in [5, 5.41) is 3.71. The fraction of sp³-hybridized carbons (Fsp3) is 0.355. The molecule has 2 amide bonds. The fourth-order valence-corrected chi connectivity index (χ4v) is 4.31. The molecule has 1 N–H and O–H groups in total. The van der Waals surface area contributed by atoms with Gasteiger partial charge in [-0.2, -0.15) is 0 Å². The average Bonchev–Trinajstić information content (AvgIpc) is 2.91. The quantitative estimate of drug-likeness (QED) is 0.274. The number of halogens is 1. The van der Waals surface area contributed by atoms with E-state index in [1.807, 2.05) is 54.6 Å². The third-order valence-electron chi connectivity index (χ3n) is 6.43. The van der Waals surface area contributed by atoms with Crippen molar-refractivity contribution in [3.63, 3.8) is 0 Å². The number of nitrogens with one attached hydrogen (secondary N) is 1. The minimum Gasteiger partial charge on any atom is -0.354 e. The van der Waals surface area contributed by atoms with Crippen LogP contribution in [0.2, 0.25) is 5.02 Å². The summed E-state index contributed by atoms with van der Waals surface area (Å²) in [7, 11) is 0. The molecule has 3 aromatic rings. The first-order valence-electron chi connectivity index (χ1n) is 12.9. The second-order valence-electron chi connectivity index (χ2n) is 9.17. The van der Waals surface area contributed by atoms with Gasteiger partial charge in [0.15, 0.2) is 0 Å². The summed E-state index contributed by atoms with van der Waals surface area (Å²) in [5.74, 6) is -0.141. The van der Waals surface area contributed by atoms with Crippen LogP contribution in [0.25, 0.3) is 0 Å². The molecular formula is C31H37ClN2O2. The highest BCUT2D eigenvalue weighted by molar-refractivity contribution is 6.30. The van der Waals surface area contributed by atoms with Crippen LogP contribution in [-0.2, 0) is 35.4 Å². The highest BCUT2D eigenvalue weighted by atomic mass is 35.5. The lowest BCUT2D eigenvalue weighted by molar-refractivity contribution is -0.141. The molecule has 0 aliphatic carbocycles. The Hall–Kier alpha value is -3.11. The maximum atomic E-state index is 13.7. The zero-order valence-electron chi connectivity index (χ0n) is 21.4. The van der Waals surface area contributed by atoms with Crippen LogP contribution >= 0.6 is 11.6 Å². The first-order valence-corrected chi connectivity index (χ1v) is 13.3. The van der Waals surface area contributed by atoms with E-state index in [4.69, 9.17) is 11.6 Å². The van der Waals surface area contributed by atoms with Gasteiger partial charge in [0, 0.05) is 31.0 Å². The predicted octanol–water partition coefficient (Wildman–Crippen LogP) is 6.39. The van der Waals surface area contributed by atoms with Gasteiger partial charge in [-0.3, -0.25) is 9.59 Å². The van der Waals surface area contributed by atoms with Crippen molar-refractivity contribution in [2.24, 2.45) is 0 Å². The predicted molar refractivity (Wildman–Crippen MR) is 148 cm³/mol. The topological polar surface area (TPSA) is 49.4 Å². The standard InChI is InChI=1S/C31H37ClN2O2/c1-3-5-21-33-31(36)29(22-26-9-7-6-8-10-26)34(23-27-15-18-28(32)19-16-27)30(35)20-17-25-13-11-24(4-2)12-14-25/h6-16,18-19,29H,3-5,17,20-23H2,1-2H3,(H,33,36)/t29-/m1/s1. The van der Waals surface area contributed by atoms with E-state index in [0.717, 1.165) is 36.0 Å². The molecule has 0 bridgehead atoms. The number of nitrogens with zero attached hydrogens (tertiary/aromatic N) is 1. The van der Waals surface area contributed by atoms with Crippen LogP contribution in [0.15, 0.2) is 78.9 Å². The minimum atomic E-state index is -0.602. The monoisotopic (exact) mass is 504 g/mol. The number of carbonyl (C=O) groups excluding carboxylic acids is 2. The zero-order chi connectivity index (χ0) is 25.8. The Balaban J connectivity index is 1.85. The molecule has 0 aliphatic rings. The summed E-state index contributed by atoms with van der Waals surface area (Å²) < 4.78 is 0. The van der Waals surface area contributed by atoms with Gasteiger partial charge < -0.3 is 10.2 Å². The molecule has 4 nitrogen and oxygen atoms in total. The van der Waals surface area contributed by atoms with Gasteiger partial charge in [0.1, 0.15) is 6.04 Å². The lowest BCUT2D eigenvalue weighted by Crippen LogP contribution is -2.50. The van der Waals surface area contributed by atoms with Crippen molar-refractivity contribution in [2.75, 3.05) is 6.54 Å². The SMILES string of the molecule is CCCCNC(=O)[C@@H](Cc1ccccc1)N(Cc1ccc(Cl)cc1)C(=O)CCc1ccc(CC)cc1. The number of benzene rings is 3. The van der Waals surface area contributed by atoms with Crippen LogP contribution < -0.4 is 5.32 Å². The van der Waals surface area contributed by atoms with E-state index < -0.39 is 6.04 Å². The largest absolute Gasteiger partial charge is 0.354 e. The van der Waals surface area contributed by atoms with Gasteiger partial charge in [0.05, 0.1) is 0 Å². The molecule has 36 heavy (non-hydrogen) atoms. The van der Waals surface area contributed by atoms with Crippen molar-refractivity contribution in [3.8, 4) is 0 Å². The second kappa shape index (κ2) is 14.4. The molecule has 5 heteroatoms. The summed E-state index contributed by atoms with van der Waals surface area (Å²) >= 11 is 6.10. The van der Waals surface area contributed by atoms with E-state index in [-0.39, 0.29) is 11.8 Å². The van der Waals surface area contributed by atoms with Gasteiger partial charge in [-0.1, -0.05) is 98.6 Å². The molecule has 190 valence electrons. The Morgan fingerprint density at radius 2 is 1.47 bits per heavy atom. The van der Waals surface area contributed by atoms with Crippen molar-refractivity contribution in [2.45, 2.75) is 65.0 Å². The maximum absolute atomic E-state index is 13.7. The van der Waals surface area contributed by atoms with Gasteiger partial charge >= 0.3 is 0 Å². The van der Waals surface area contributed by atoms with Gasteiger partial charge in [-0.05, 0) is 53.6 Å². The molecule has 0 saturated carbocycles. The van der Waals surface area contributed by atoms with Crippen molar-refractivity contribution in [1.82, 2.24) is 10.2 Å². The van der Waals surface area contributed by atoms with Crippen molar-refractivity contribution < 1.29 is 9.59 Å². The summed E-state index contributed by atoms with van der Waals surface area (Å²) in [4.78, 5) is 28.9. The molecule has 0 fully saturated rings. The number of carbonyl (C=O) groups is 2. The Kier molecular flexibility index (Phi) is 11.0. The van der Waals surface area contributed by atoms with E-state index >= 15 is 0 Å². The van der Waals surface area contributed by atoms with Crippen molar-refractivity contribution >= 4 is 23.4 Å². The maximum Gasteiger partial charge on any atom is 0.243 e. The van der Waals surface area contributed by atoms with Crippen LogP contribution in [0.3, 0.4) is 0 Å². The molecule has 0 aromatic heterocycles. The van der Waals surface area contributed by atoms with E-state index in [2.05, 4.69) is 43.4 Å². The Bertz CT molecular complexity index is 1080. The Morgan fingerprint density at radius 1 is 0.833 bits per heavy atom. The third kappa shape index (κ3) is 8.53. The van der Waals surface area contributed by atoms with Gasteiger partial charge in [-0.25, -0.2) is 0 Å². The highest BCUT2D eigenvalue weighted by Gasteiger charge is 2.30. The van der Waals surface area contributed by atoms with Crippen molar-refractivity contribution in [1.29, 1.82) is 0 Å². The molecule has 0 radical (unpaired) electrons. The molecule has 1 atom stereocenters. The van der Waals surface area contributed by atoms with Crippen LogP contribution in [0.1, 0.15) is 55.4 Å². The van der Waals surface area contributed by atoms with E-state index in [1.54, 1.807) is 4.90 Å². The van der Waals surface area contributed by atoms with E-state index in [9.17, 15) is 9.59 Å². The van der Waals surface area contributed by atoms with E-state index in [1.165, 1.54) is 5.56 Å². The average molecular weight is 505 g/mol. The highest BCUT2D eigenvalue weighted by Crippen LogP contribution is 2.19. The molecule has 0 heterocycles. The summed E-state index contributed by atoms with van der Waals surface area (Å²) in [6, 6.07) is 25.2. The normalized spacial score (nSPS) is 11.6. The minimum absolute atomic E-state index is 0.0314. The van der Waals surface area contributed by atoms with Gasteiger partial charge in [0.2, 0.25) is 11.8 Å².